The number of carbonyl (C=O) groups is 1. The lowest BCUT2D eigenvalue weighted by molar-refractivity contribution is -0.468. The number of piperazine rings is 1. The van der Waals surface area contributed by atoms with E-state index in [1.807, 2.05) is 24.3 Å². The quantitative estimate of drug-likeness (QED) is 0.486. The van der Waals surface area contributed by atoms with Crippen molar-refractivity contribution in [1.29, 1.82) is 0 Å². The molecule has 0 amide bonds. The second kappa shape index (κ2) is 7.85. The molecule has 1 aliphatic heterocycles. The first kappa shape index (κ1) is 19.4. The average Bonchev–Trinajstić information content (AvgIpc) is 2.73. The van der Waals surface area contributed by atoms with Gasteiger partial charge in [0.2, 0.25) is 5.78 Å². The number of ketones is 1. The van der Waals surface area contributed by atoms with Crippen LogP contribution in [-0.4, -0.2) is 41.6 Å². The second-order valence-corrected chi connectivity index (χ2v) is 7.61. The third-order valence-corrected chi connectivity index (χ3v) is 5.56. The van der Waals surface area contributed by atoms with Gasteiger partial charge in [-0.15, -0.1) is 0 Å². The number of halogens is 1. The third kappa shape index (κ3) is 3.71. The molecule has 2 aromatic carbocycles. The van der Waals surface area contributed by atoms with Gasteiger partial charge >= 0.3 is 5.69 Å². The van der Waals surface area contributed by atoms with Crippen molar-refractivity contribution in [3.05, 3.63) is 75.1 Å². The Hall–Kier alpha value is -2.90. The predicted molar refractivity (Wildman–Crippen MR) is 113 cm³/mol. The zero-order chi connectivity index (χ0) is 20.5. The Balaban J connectivity index is 1.59. The number of para-hydroxylation sites is 2. The number of anilines is 1. The fourth-order valence-electron chi connectivity index (χ4n) is 3.80. The van der Waals surface area contributed by atoms with Crippen LogP contribution in [0.1, 0.15) is 23.1 Å². The molecule has 0 N–H and O–H groups in total. The monoisotopic (exact) mass is 412 g/mol. The van der Waals surface area contributed by atoms with Gasteiger partial charge in [0.1, 0.15) is 11.2 Å². The van der Waals surface area contributed by atoms with Gasteiger partial charge < -0.3 is 14.8 Å². The molecule has 0 atom stereocenters. The standard InChI is InChI=1S/C21H21ClN4O3/c1-15(27)21-20(25(28)18-4-2-3-5-19(18)26(21)29)14-23-10-12-24(13-11-23)17-8-6-16(22)7-9-17/h2-9H,10-14H2,1H3. The van der Waals surface area contributed by atoms with Crippen molar-refractivity contribution in [2.45, 2.75) is 13.5 Å². The Morgan fingerprint density at radius 2 is 1.72 bits per heavy atom. The first-order chi connectivity index (χ1) is 14.0. The molecule has 1 aromatic heterocycles. The van der Waals surface area contributed by atoms with Gasteiger partial charge in [-0.3, -0.25) is 9.69 Å². The second-order valence-electron chi connectivity index (χ2n) is 7.17. The largest absolute Gasteiger partial charge is 0.805 e. The fourth-order valence-corrected chi connectivity index (χ4v) is 3.93. The summed E-state index contributed by atoms with van der Waals surface area (Å²) in [6.45, 7) is 4.55. The summed E-state index contributed by atoms with van der Waals surface area (Å²) in [4.78, 5) is 29.3. The highest BCUT2D eigenvalue weighted by atomic mass is 35.5. The van der Waals surface area contributed by atoms with Crippen molar-refractivity contribution in [3.8, 4) is 0 Å². The molecule has 0 bridgehead atoms. The summed E-state index contributed by atoms with van der Waals surface area (Å²) in [6.07, 6.45) is 0. The van der Waals surface area contributed by atoms with Crippen LogP contribution in [0, 0.1) is 10.1 Å². The zero-order valence-electron chi connectivity index (χ0n) is 16.0. The highest BCUT2D eigenvalue weighted by molar-refractivity contribution is 6.30. The smallest absolute Gasteiger partial charge is 0.326 e. The average molecular weight is 413 g/mol. The summed E-state index contributed by atoms with van der Waals surface area (Å²) in [6, 6.07) is 14.2. The Morgan fingerprint density at radius 1 is 1.07 bits per heavy atom. The van der Waals surface area contributed by atoms with E-state index in [0.29, 0.717) is 22.5 Å². The van der Waals surface area contributed by atoms with E-state index < -0.39 is 5.78 Å². The van der Waals surface area contributed by atoms with Gasteiger partial charge in [-0.1, -0.05) is 23.7 Å². The highest BCUT2D eigenvalue weighted by Crippen LogP contribution is 2.21. The number of fused-ring (bicyclic) bond motifs is 1. The van der Waals surface area contributed by atoms with E-state index >= 15 is 0 Å². The summed E-state index contributed by atoms with van der Waals surface area (Å²) < 4.78 is 1.32. The van der Waals surface area contributed by atoms with Crippen molar-refractivity contribution in [2.24, 2.45) is 0 Å². The van der Waals surface area contributed by atoms with Crippen molar-refractivity contribution >= 4 is 34.1 Å². The summed E-state index contributed by atoms with van der Waals surface area (Å²) in [5.41, 5.74) is 1.68. The van der Waals surface area contributed by atoms with Crippen LogP contribution in [0.3, 0.4) is 0 Å². The van der Waals surface area contributed by atoms with Gasteiger partial charge in [0, 0.05) is 61.3 Å². The summed E-state index contributed by atoms with van der Waals surface area (Å²) in [7, 11) is 0. The molecule has 3 aromatic rings. The molecule has 0 saturated carbocycles. The predicted octanol–water partition coefficient (Wildman–Crippen LogP) is 3.08. The SMILES string of the molecule is CC(=O)c1c(CN2CCN(c3ccc(Cl)cc3)CC2)n([O-])c2ccccc2[n+]1=O. The van der Waals surface area contributed by atoms with E-state index in [4.69, 9.17) is 11.6 Å². The minimum absolute atomic E-state index is 0.0844. The number of Topliss-reactive ketones (excluding diaryl/α,β-unsaturated/α-hetero) is 1. The van der Waals surface area contributed by atoms with Gasteiger partial charge in [-0.25, -0.2) is 0 Å². The maximum absolute atomic E-state index is 13.0. The summed E-state index contributed by atoms with van der Waals surface area (Å²) >= 11 is 5.96. The molecular formula is C21H21ClN4O3. The zero-order valence-corrected chi connectivity index (χ0v) is 16.8. The molecule has 2 heterocycles. The van der Waals surface area contributed by atoms with Crippen molar-refractivity contribution in [2.75, 3.05) is 31.1 Å². The Morgan fingerprint density at radius 3 is 2.38 bits per heavy atom. The number of aromatic nitrogens is 2. The highest BCUT2D eigenvalue weighted by Gasteiger charge is 2.28. The molecule has 150 valence electrons. The van der Waals surface area contributed by atoms with E-state index in [0.717, 1.165) is 23.5 Å². The molecule has 0 radical (unpaired) electrons. The van der Waals surface area contributed by atoms with Crippen molar-refractivity contribution < 1.29 is 9.22 Å². The molecule has 8 heteroatoms. The van der Waals surface area contributed by atoms with Crippen LogP contribution in [0.5, 0.6) is 0 Å². The normalized spacial score (nSPS) is 15.0. The van der Waals surface area contributed by atoms with E-state index in [-0.39, 0.29) is 29.0 Å². The Kier molecular flexibility index (Phi) is 5.25. The Labute approximate surface area is 172 Å². The van der Waals surface area contributed by atoms with Crippen LogP contribution in [0.25, 0.3) is 11.0 Å². The van der Waals surface area contributed by atoms with Gasteiger partial charge in [-0.05, 0) is 30.3 Å². The van der Waals surface area contributed by atoms with Crippen molar-refractivity contribution in [3.63, 3.8) is 0 Å². The molecule has 1 saturated heterocycles. The molecule has 29 heavy (non-hydrogen) atoms. The number of benzene rings is 2. The fraction of sp³-hybridized carbons (Fsp3) is 0.286. The van der Waals surface area contributed by atoms with E-state index in [1.54, 1.807) is 24.3 Å². The molecule has 0 aliphatic carbocycles. The number of hydrogen-bond acceptors (Lipinski definition) is 5. The van der Waals surface area contributed by atoms with E-state index in [1.165, 1.54) is 6.92 Å². The summed E-state index contributed by atoms with van der Waals surface area (Å²) in [5.74, 6) is -0.412. The number of carbonyl (C=O) groups excluding carboxylic acids is 1. The van der Waals surface area contributed by atoms with Crippen LogP contribution in [-0.2, 0) is 6.54 Å². The molecular weight excluding hydrogens is 392 g/mol. The molecule has 7 nitrogen and oxygen atoms in total. The van der Waals surface area contributed by atoms with Crippen LogP contribution >= 0.6 is 11.6 Å². The third-order valence-electron chi connectivity index (χ3n) is 5.31. The topological polar surface area (TPSA) is 74.5 Å². The first-order valence-corrected chi connectivity index (χ1v) is 9.84. The number of hydrogen-bond donors (Lipinski definition) is 0. The molecule has 1 fully saturated rings. The van der Waals surface area contributed by atoms with E-state index in [2.05, 4.69) is 9.80 Å². The molecule has 1 aliphatic rings. The van der Waals surface area contributed by atoms with Gasteiger partial charge in [0.25, 0.3) is 5.52 Å². The number of nitrogens with zero attached hydrogens (tertiary/aromatic N) is 4. The molecule has 0 unspecified atom stereocenters. The first-order valence-electron chi connectivity index (χ1n) is 9.46. The van der Waals surface area contributed by atoms with Gasteiger partial charge in [0.05, 0.1) is 4.43 Å². The van der Waals surface area contributed by atoms with Crippen molar-refractivity contribution in [1.82, 2.24) is 9.63 Å². The van der Waals surface area contributed by atoms with Crippen LogP contribution in [0.4, 0.5) is 5.69 Å². The maximum Gasteiger partial charge on any atom is 0.326 e. The molecule has 0 spiro atoms. The lowest BCUT2D eigenvalue weighted by Gasteiger charge is -2.36. The van der Waals surface area contributed by atoms with Crippen LogP contribution in [0.15, 0.2) is 48.5 Å². The maximum atomic E-state index is 13.0. The van der Waals surface area contributed by atoms with Crippen LogP contribution < -0.4 is 9.33 Å². The lowest BCUT2D eigenvalue weighted by atomic mass is 10.1. The minimum atomic E-state index is -0.412. The van der Waals surface area contributed by atoms with Gasteiger partial charge in [-0.2, -0.15) is 0 Å². The lowest BCUT2D eigenvalue weighted by Crippen LogP contribution is -2.46. The molecule has 4 rings (SSSR count). The number of rotatable bonds is 4. The Bertz CT molecular complexity index is 1120. The van der Waals surface area contributed by atoms with Gasteiger partial charge in [0.15, 0.2) is 0 Å². The summed E-state index contributed by atoms with van der Waals surface area (Å²) in [5, 5.41) is 13.7. The van der Waals surface area contributed by atoms with Crippen LogP contribution in [0.2, 0.25) is 5.02 Å². The van der Waals surface area contributed by atoms with E-state index in [9.17, 15) is 14.9 Å². The minimum Gasteiger partial charge on any atom is -0.805 e.